The van der Waals surface area contributed by atoms with Gasteiger partial charge in [-0.1, -0.05) is 23.9 Å². The number of hydrogen-bond donors (Lipinski definition) is 1. The van der Waals surface area contributed by atoms with Gasteiger partial charge in [-0.25, -0.2) is 0 Å². The monoisotopic (exact) mass is 387 g/mol. The van der Waals surface area contributed by atoms with E-state index in [1.807, 2.05) is 4.90 Å². The lowest BCUT2D eigenvalue weighted by Crippen LogP contribution is -2.39. The molecule has 0 radical (unpaired) electrons. The number of ether oxygens (including phenoxy) is 1. The molecular weight excluding hydrogens is 371 g/mol. The number of nitrogens with zero attached hydrogens (tertiary/aromatic N) is 2. The Bertz CT molecular complexity index is 733. The van der Waals surface area contributed by atoms with E-state index < -0.39 is 28.8 Å². The van der Waals surface area contributed by atoms with Gasteiger partial charge in [0.2, 0.25) is 5.91 Å². The summed E-state index contributed by atoms with van der Waals surface area (Å²) in [6.45, 7) is 2.29. The molecule has 140 valence electrons. The van der Waals surface area contributed by atoms with E-state index in [4.69, 9.17) is 4.74 Å². The molecule has 0 unspecified atom stereocenters. The molecule has 10 heteroatoms. The number of aliphatic imine (C=N–C) groups is 1. The highest BCUT2D eigenvalue weighted by Crippen LogP contribution is 2.35. The maximum absolute atomic E-state index is 13.0. The zero-order chi connectivity index (χ0) is 18.7. The number of rotatable bonds is 3. The molecule has 0 bridgehead atoms. The first-order valence-electron chi connectivity index (χ1n) is 7.92. The van der Waals surface area contributed by atoms with Crippen molar-refractivity contribution < 1.29 is 27.5 Å². The fourth-order valence-corrected chi connectivity index (χ4v) is 3.73. The SMILES string of the molecule is O=C(C[C@H]1SC(N2CCOCC2)=NC1=O)Nc1ccccc1C(F)(F)F. The number of hydrogen-bond acceptors (Lipinski definition) is 5. The van der Waals surface area contributed by atoms with Crippen LogP contribution in [-0.2, 0) is 20.5 Å². The summed E-state index contributed by atoms with van der Waals surface area (Å²) >= 11 is 1.16. The molecule has 0 aromatic heterocycles. The first kappa shape index (κ1) is 18.7. The third-order valence-corrected chi connectivity index (χ3v) is 5.10. The minimum absolute atomic E-state index is 0.243. The van der Waals surface area contributed by atoms with Crippen LogP contribution in [0.1, 0.15) is 12.0 Å². The maximum atomic E-state index is 13.0. The first-order valence-corrected chi connectivity index (χ1v) is 8.80. The minimum Gasteiger partial charge on any atom is -0.378 e. The van der Waals surface area contributed by atoms with E-state index in [1.165, 1.54) is 18.2 Å². The van der Waals surface area contributed by atoms with Gasteiger partial charge >= 0.3 is 6.18 Å². The second-order valence-electron chi connectivity index (χ2n) is 5.73. The topological polar surface area (TPSA) is 71.0 Å². The molecule has 1 saturated heterocycles. The van der Waals surface area contributed by atoms with Crippen molar-refractivity contribution in [2.45, 2.75) is 17.8 Å². The van der Waals surface area contributed by atoms with Crippen molar-refractivity contribution in [3.63, 3.8) is 0 Å². The van der Waals surface area contributed by atoms with Gasteiger partial charge in [-0.3, -0.25) is 9.59 Å². The fraction of sp³-hybridized carbons (Fsp3) is 0.438. The summed E-state index contributed by atoms with van der Waals surface area (Å²) in [6.07, 6.45) is -4.82. The Hall–Kier alpha value is -2.07. The van der Waals surface area contributed by atoms with Crippen molar-refractivity contribution in [1.29, 1.82) is 0 Å². The van der Waals surface area contributed by atoms with Crippen LogP contribution in [0, 0.1) is 0 Å². The Kier molecular flexibility index (Phi) is 5.52. The predicted molar refractivity (Wildman–Crippen MR) is 90.9 cm³/mol. The summed E-state index contributed by atoms with van der Waals surface area (Å²) in [7, 11) is 0. The molecule has 1 atom stereocenters. The van der Waals surface area contributed by atoms with Crippen LogP contribution in [0.2, 0.25) is 0 Å². The number of benzene rings is 1. The third kappa shape index (κ3) is 4.36. The Balaban J connectivity index is 1.60. The highest BCUT2D eigenvalue weighted by molar-refractivity contribution is 8.15. The van der Waals surface area contributed by atoms with Crippen LogP contribution in [0.15, 0.2) is 29.3 Å². The zero-order valence-corrected chi connectivity index (χ0v) is 14.4. The number of para-hydroxylation sites is 1. The minimum atomic E-state index is -4.57. The summed E-state index contributed by atoms with van der Waals surface area (Å²) in [5, 5.41) is 2.05. The number of carbonyl (C=O) groups excluding carboxylic acids is 2. The molecule has 2 amide bonds. The molecule has 0 aliphatic carbocycles. The molecule has 2 heterocycles. The smallest absolute Gasteiger partial charge is 0.378 e. The molecule has 2 aliphatic rings. The predicted octanol–water partition coefficient (Wildman–Crippen LogP) is 2.36. The van der Waals surface area contributed by atoms with Gasteiger partial charge in [0.05, 0.1) is 24.5 Å². The summed E-state index contributed by atoms with van der Waals surface area (Å²) in [5.41, 5.74) is -1.25. The molecule has 2 aliphatic heterocycles. The van der Waals surface area contributed by atoms with Gasteiger partial charge in [0, 0.05) is 19.5 Å². The molecule has 3 rings (SSSR count). The van der Waals surface area contributed by atoms with Gasteiger partial charge in [0.1, 0.15) is 5.25 Å². The molecule has 1 fully saturated rings. The Morgan fingerprint density at radius 2 is 2.00 bits per heavy atom. The molecular formula is C16H16F3N3O3S. The molecule has 26 heavy (non-hydrogen) atoms. The number of thioether (sulfide) groups is 1. The molecule has 1 N–H and O–H groups in total. The number of anilines is 1. The van der Waals surface area contributed by atoms with Gasteiger partial charge in [0.15, 0.2) is 5.17 Å². The molecule has 1 aromatic carbocycles. The van der Waals surface area contributed by atoms with Crippen LogP contribution in [0.4, 0.5) is 18.9 Å². The van der Waals surface area contributed by atoms with Gasteiger partial charge < -0.3 is 15.0 Å². The summed E-state index contributed by atoms with van der Waals surface area (Å²) in [6, 6.07) is 4.72. The standard InChI is InChI=1S/C16H16F3N3O3S/c17-16(18,19)10-3-1-2-4-11(10)20-13(23)9-12-14(24)21-15(26-12)22-5-7-25-8-6-22/h1-4,12H,5-9H2,(H,20,23)/t12-/m1/s1. The van der Waals surface area contributed by atoms with Crippen LogP contribution in [0.25, 0.3) is 0 Å². The van der Waals surface area contributed by atoms with Crippen LogP contribution in [0.3, 0.4) is 0 Å². The highest BCUT2D eigenvalue weighted by atomic mass is 32.2. The van der Waals surface area contributed by atoms with E-state index >= 15 is 0 Å². The lowest BCUT2D eigenvalue weighted by molar-refractivity contribution is -0.137. The van der Waals surface area contributed by atoms with Crippen molar-refractivity contribution in [2.75, 3.05) is 31.6 Å². The van der Waals surface area contributed by atoms with Gasteiger partial charge in [0.25, 0.3) is 5.91 Å². The van der Waals surface area contributed by atoms with Crippen molar-refractivity contribution in [3.05, 3.63) is 29.8 Å². The van der Waals surface area contributed by atoms with Crippen molar-refractivity contribution in [2.24, 2.45) is 4.99 Å². The highest BCUT2D eigenvalue weighted by Gasteiger charge is 2.36. The van der Waals surface area contributed by atoms with E-state index in [1.54, 1.807) is 0 Å². The van der Waals surface area contributed by atoms with Crippen molar-refractivity contribution in [3.8, 4) is 0 Å². The molecule has 6 nitrogen and oxygen atoms in total. The fourth-order valence-electron chi connectivity index (χ4n) is 2.61. The van der Waals surface area contributed by atoms with Gasteiger partial charge in [-0.2, -0.15) is 18.2 Å². The quantitative estimate of drug-likeness (QED) is 0.862. The van der Waals surface area contributed by atoms with E-state index in [9.17, 15) is 22.8 Å². The van der Waals surface area contributed by atoms with Crippen LogP contribution >= 0.6 is 11.8 Å². The Morgan fingerprint density at radius 1 is 1.31 bits per heavy atom. The Labute approximate surface area is 151 Å². The number of carbonyl (C=O) groups is 2. The van der Waals surface area contributed by atoms with Gasteiger partial charge in [-0.15, -0.1) is 0 Å². The average molecular weight is 387 g/mol. The van der Waals surface area contributed by atoms with Crippen molar-refractivity contribution >= 4 is 34.4 Å². The lowest BCUT2D eigenvalue weighted by Gasteiger charge is -2.27. The normalized spacial score (nSPS) is 20.9. The molecule has 0 saturated carbocycles. The second-order valence-corrected chi connectivity index (χ2v) is 6.90. The van der Waals surface area contributed by atoms with Gasteiger partial charge in [-0.05, 0) is 12.1 Å². The van der Waals surface area contributed by atoms with Crippen molar-refractivity contribution in [1.82, 2.24) is 4.90 Å². The number of morpholine rings is 1. The number of halogens is 3. The van der Waals surface area contributed by atoms with E-state index in [2.05, 4.69) is 10.3 Å². The molecule has 0 spiro atoms. The average Bonchev–Trinajstić information content (AvgIpc) is 2.96. The lowest BCUT2D eigenvalue weighted by atomic mass is 10.1. The van der Waals surface area contributed by atoms with Crippen LogP contribution in [0.5, 0.6) is 0 Å². The molecule has 1 aromatic rings. The third-order valence-electron chi connectivity index (χ3n) is 3.89. The van der Waals surface area contributed by atoms with E-state index in [-0.39, 0.29) is 12.1 Å². The number of nitrogens with one attached hydrogen (secondary N) is 1. The maximum Gasteiger partial charge on any atom is 0.418 e. The summed E-state index contributed by atoms with van der Waals surface area (Å²) < 4.78 is 44.2. The van der Waals surface area contributed by atoms with E-state index in [0.717, 1.165) is 17.8 Å². The first-order chi connectivity index (χ1) is 12.3. The zero-order valence-electron chi connectivity index (χ0n) is 13.6. The van der Waals surface area contributed by atoms with Crippen LogP contribution < -0.4 is 5.32 Å². The Morgan fingerprint density at radius 3 is 2.69 bits per heavy atom. The second kappa shape index (κ2) is 7.67. The van der Waals surface area contributed by atoms with Crippen LogP contribution in [-0.4, -0.2) is 53.4 Å². The number of amidine groups is 1. The summed E-state index contributed by atoms with van der Waals surface area (Å²) in [4.78, 5) is 30.0. The largest absolute Gasteiger partial charge is 0.418 e. The number of amides is 2. The summed E-state index contributed by atoms with van der Waals surface area (Å²) in [5.74, 6) is -1.11. The number of alkyl halides is 3. The van der Waals surface area contributed by atoms with E-state index in [0.29, 0.717) is 31.5 Å².